The minimum Gasteiger partial charge on any atom is -0.328 e. The van der Waals surface area contributed by atoms with Gasteiger partial charge in [-0.25, -0.2) is 0 Å². The summed E-state index contributed by atoms with van der Waals surface area (Å²) < 4.78 is 0. The SMILES string of the molecule is CNC(CN)(C(=O)NC=O)c1ccn[nH]1. The molecule has 7 heteroatoms. The van der Waals surface area contributed by atoms with Gasteiger partial charge in [-0.05, 0) is 13.1 Å². The zero-order valence-electron chi connectivity index (χ0n) is 8.28. The van der Waals surface area contributed by atoms with Gasteiger partial charge in [0.25, 0.3) is 5.91 Å². The van der Waals surface area contributed by atoms with E-state index in [0.29, 0.717) is 12.1 Å². The van der Waals surface area contributed by atoms with Crippen molar-refractivity contribution in [2.24, 2.45) is 5.73 Å². The molecule has 5 N–H and O–H groups in total. The Balaban J connectivity index is 3.07. The molecule has 0 fully saturated rings. The van der Waals surface area contributed by atoms with Crippen molar-refractivity contribution in [3.63, 3.8) is 0 Å². The number of carbonyl (C=O) groups excluding carboxylic acids is 2. The fourth-order valence-corrected chi connectivity index (χ4v) is 1.35. The van der Waals surface area contributed by atoms with Gasteiger partial charge < -0.3 is 11.1 Å². The fourth-order valence-electron chi connectivity index (χ4n) is 1.35. The van der Waals surface area contributed by atoms with E-state index in [-0.39, 0.29) is 6.54 Å². The maximum absolute atomic E-state index is 11.7. The molecule has 1 heterocycles. The Morgan fingerprint density at radius 2 is 2.53 bits per heavy atom. The molecule has 0 bridgehead atoms. The van der Waals surface area contributed by atoms with Gasteiger partial charge in [-0.3, -0.25) is 20.0 Å². The Labute approximate surface area is 86.4 Å². The number of nitrogens with zero attached hydrogens (tertiary/aromatic N) is 1. The van der Waals surface area contributed by atoms with E-state index in [1.54, 1.807) is 13.1 Å². The number of aromatic amines is 1. The average molecular weight is 211 g/mol. The van der Waals surface area contributed by atoms with E-state index in [1.807, 2.05) is 0 Å². The molecule has 1 atom stereocenters. The van der Waals surface area contributed by atoms with E-state index in [2.05, 4.69) is 20.8 Å². The van der Waals surface area contributed by atoms with Gasteiger partial charge in [-0.1, -0.05) is 0 Å². The highest BCUT2D eigenvalue weighted by molar-refractivity contribution is 5.94. The molecule has 0 saturated carbocycles. The van der Waals surface area contributed by atoms with Crippen LogP contribution in [0.15, 0.2) is 12.3 Å². The molecule has 7 nitrogen and oxygen atoms in total. The van der Waals surface area contributed by atoms with Gasteiger partial charge in [0.15, 0.2) is 5.54 Å². The predicted octanol–water partition coefficient (Wildman–Crippen LogP) is -1.94. The smallest absolute Gasteiger partial charge is 0.254 e. The summed E-state index contributed by atoms with van der Waals surface area (Å²) in [6, 6.07) is 1.62. The van der Waals surface area contributed by atoms with Gasteiger partial charge in [0, 0.05) is 12.7 Å². The Hall–Kier alpha value is -1.73. The van der Waals surface area contributed by atoms with Crippen LogP contribution in [-0.4, -0.2) is 36.1 Å². The van der Waals surface area contributed by atoms with Gasteiger partial charge in [0.1, 0.15) is 0 Å². The van der Waals surface area contributed by atoms with Crippen molar-refractivity contribution < 1.29 is 9.59 Å². The lowest BCUT2D eigenvalue weighted by Gasteiger charge is -2.28. The summed E-state index contributed by atoms with van der Waals surface area (Å²) in [6.45, 7) is 0.00532. The number of imide groups is 1. The molecule has 0 spiro atoms. The van der Waals surface area contributed by atoms with Crippen LogP contribution >= 0.6 is 0 Å². The van der Waals surface area contributed by atoms with Crippen molar-refractivity contribution in [1.29, 1.82) is 0 Å². The van der Waals surface area contributed by atoms with Crippen molar-refractivity contribution in [3.05, 3.63) is 18.0 Å². The standard InChI is InChI=1S/C8H13N5O2/c1-10-8(4-9,7(15)11-5-14)6-2-3-12-13-6/h2-3,5,10H,4,9H2,1H3,(H,12,13)(H,11,14,15). The zero-order valence-corrected chi connectivity index (χ0v) is 8.28. The highest BCUT2D eigenvalue weighted by Crippen LogP contribution is 2.16. The first-order valence-corrected chi connectivity index (χ1v) is 4.34. The molecule has 0 aliphatic heterocycles. The van der Waals surface area contributed by atoms with Crippen LogP contribution in [0.25, 0.3) is 0 Å². The van der Waals surface area contributed by atoms with Gasteiger partial charge in [-0.15, -0.1) is 0 Å². The number of hydrogen-bond acceptors (Lipinski definition) is 5. The van der Waals surface area contributed by atoms with Crippen LogP contribution in [-0.2, 0) is 15.1 Å². The monoisotopic (exact) mass is 211 g/mol. The van der Waals surface area contributed by atoms with Crippen LogP contribution in [0, 0.1) is 0 Å². The third kappa shape index (κ3) is 1.88. The highest BCUT2D eigenvalue weighted by atomic mass is 16.2. The van der Waals surface area contributed by atoms with Crippen LogP contribution in [0.5, 0.6) is 0 Å². The Morgan fingerprint density at radius 3 is 2.93 bits per heavy atom. The molecular weight excluding hydrogens is 198 g/mol. The van der Waals surface area contributed by atoms with E-state index >= 15 is 0 Å². The number of rotatable bonds is 5. The molecule has 1 aromatic heterocycles. The normalized spacial score (nSPS) is 14.3. The molecule has 1 aromatic rings. The Morgan fingerprint density at radius 1 is 1.80 bits per heavy atom. The number of hydrogen-bond donors (Lipinski definition) is 4. The second-order valence-corrected chi connectivity index (χ2v) is 2.92. The summed E-state index contributed by atoms with van der Waals surface area (Å²) in [5.41, 5.74) is 4.90. The molecule has 0 saturated heterocycles. The highest BCUT2D eigenvalue weighted by Gasteiger charge is 2.38. The lowest BCUT2D eigenvalue weighted by atomic mass is 9.94. The molecule has 1 unspecified atom stereocenters. The van der Waals surface area contributed by atoms with Crippen molar-refractivity contribution in [1.82, 2.24) is 20.8 Å². The summed E-state index contributed by atoms with van der Waals surface area (Å²) in [5, 5.41) is 11.2. The number of amides is 2. The maximum atomic E-state index is 11.7. The molecule has 0 radical (unpaired) electrons. The van der Waals surface area contributed by atoms with Crippen molar-refractivity contribution in [2.75, 3.05) is 13.6 Å². The van der Waals surface area contributed by atoms with Gasteiger partial charge in [0.2, 0.25) is 6.41 Å². The third-order valence-corrected chi connectivity index (χ3v) is 2.27. The maximum Gasteiger partial charge on any atom is 0.254 e. The van der Waals surface area contributed by atoms with Crippen LogP contribution in [0.3, 0.4) is 0 Å². The van der Waals surface area contributed by atoms with Crippen molar-refractivity contribution in [3.8, 4) is 0 Å². The van der Waals surface area contributed by atoms with Crippen molar-refractivity contribution in [2.45, 2.75) is 5.54 Å². The second-order valence-electron chi connectivity index (χ2n) is 2.92. The molecule has 15 heavy (non-hydrogen) atoms. The van der Waals surface area contributed by atoms with E-state index < -0.39 is 11.4 Å². The largest absolute Gasteiger partial charge is 0.328 e. The van der Waals surface area contributed by atoms with Crippen LogP contribution in [0.4, 0.5) is 0 Å². The topological polar surface area (TPSA) is 113 Å². The Kier molecular flexibility index (Phi) is 3.53. The molecule has 2 amide bonds. The summed E-state index contributed by atoms with van der Waals surface area (Å²) in [6.07, 6.45) is 1.83. The summed E-state index contributed by atoms with van der Waals surface area (Å²) in [5.74, 6) is -0.522. The van der Waals surface area contributed by atoms with Crippen LogP contribution in [0.2, 0.25) is 0 Å². The summed E-state index contributed by atoms with van der Waals surface area (Å²) in [7, 11) is 1.58. The third-order valence-electron chi connectivity index (χ3n) is 2.27. The van der Waals surface area contributed by atoms with E-state index in [4.69, 9.17) is 5.73 Å². The van der Waals surface area contributed by atoms with Crippen molar-refractivity contribution >= 4 is 12.3 Å². The van der Waals surface area contributed by atoms with Gasteiger partial charge in [-0.2, -0.15) is 5.10 Å². The first-order chi connectivity index (χ1) is 7.21. The number of aromatic nitrogens is 2. The van der Waals surface area contributed by atoms with E-state index in [0.717, 1.165) is 0 Å². The number of nitrogens with two attached hydrogens (primary N) is 1. The minimum atomic E-state index is -1.16. The van der Waals surface area contributed by atoms with Crippen LogP contribution < -0.4 is 16.4 Å². The lowest BCUT2D eigenvalue weighted by molar-refractivity contribution is -0.130. The van der Waals surface area contributed by atoms with Gasteiger partial charge >= 0.3 is 0 Å². The number of H-pyrrole nitrogens is 1. The lowest BCUT2D eigenvalue weighted by Crippen LogP contribution is -2.57. The molecular formula is C8H13N5O2. The van der Waals surface area contributed by atoms with E-state index in [9.17, 15) is 9.59 Å². The molecule has 1 rings (SSSR count). The fraction of sp³-hybridized carbons (Fsp3) is 0.375. The second kappa shape index (κ2) is 4.67. The molecule has 0 aliphatic carbocycles. The summed E-state index contributed by atoms with van der Waals surface area (Å²) in [4.78, 5) is 21.9. The minimum absolute atomic E-state index is 0.00532. The summed E-state index contributed by atoms with van der Waals surface area (Å²) >= 11 is 0. The first-order valence-electron chi connectivity index (χ1n) is 4.34. The molecule has 82 valence electrons. The molecule has 0 aromatic carbocycles. The number of carbonyl (C=O) groups is 2. The quantitative estimate of drug-likeness (QED) is 0.423. The van der Waals surface area contributed by atoms with Crippen LogP contribution in [0.1, 0.15) is 5.69 Å². The number of likely N-dealkylation sites (N-methyl/N-ethyl adjacent to an activating group) is 1. The first kappa shape index (κ1) is 11.3. The number of nitrogens with one attached hydrogen (secondary N) is 3. The average Bonchev–Trinajstić information content (AvgIpc) is 2.75. The molecule has 0 aliphatic rings. The van der Waals surface area contributed by atoms with Gasteiger partial charge in [0.05, 0.1) is 5.69 Å². The predicted molar refractivity (Wildman–Crippen MR) is 52.6 cm³/mol. The zero-order chi connectivity index (χ0) is 11.3. The van der Waals surface area contributed by atoms with E-state index in [1.165, 1.54) is 6.20 Å². The Bertz CT molecular complexity index is 331.